The summed E-state index contributed by atoms with van der Waals surface area (Å²) in [6.45, 7) is 8.07. The first-order chi connectivity index (χ1) is 8.96. The van der Waals surface area contributed by atoms with Gasteiger partial charge in [-0.25, -0.2) is 4.79 Å². The van der Waals surface area contributed by atoms with Crippen LogP contribution in [0.25, 0.3) is 0 Å². The molecular weight excluding hydrogens is 242 g/mol. The first-order valence-corrected chi connectivity index (χ1v) is 6.70. The third-order valence-corrected chi connectivity index (χ3v) is 3.05. The number of aromatic hydroxyl groups is 1. The van der Waals surface area contributed by atoms with Crippen molar-refractivity contribution in [1.29, 1.82) is 0 Å². The van der Waals surface area contributed by atoms with Gasteiger partial charge in [0, 0.05) is 6.04 Å². The molecule has 1 aromatic carbocycles. The van der Waals surface area contributed by atoms with Crippen LogP contribution in [0.5, 0.6) is 5.75 Å². The van der Waals surface area contributed by atoms with Crippen LogP contribution in [0.1, 0.15) is 39.7 Å². The maximum Gasteiger partial charge on any atom is 0.330 e. The molecule has 106 valence electrons. The number of benzene rings is 1. The van der Waals surface area contributed by atoms with Crippen molar-refractivity contribution in [3.8, 4) is 5.75 Å². The zero-order chi connectivity index (χ0) is 14.5. The van der Waals surface area contributed by atoms with Crippen LogP contribution >= 0.6 is 0 Å². The molecule has 0 saturated carbocycles. The van der Waals surface area contributed by atoms with Crippen molar-refractivity contribution in [2.24, 2.45) is 0 Å². The first-order valence-electron chi connectivity index (χ1n) is 6.70. The highest BCUT2D eigenvalue weighted by molar-refractivity contribution is 5.82. The van der Waals surface area contributed by atoms with Gasteiger partial charge in [0.05, 0.1) is 6.61 Å². The Kier molecular flexibility index (Phi) is 5.36. The predicted molar refractivity (Wildman–Crippen MR) is 75.0 cm³/mol. The molecule has 19 heavy (non-hydrogen) atoms. The van der Waals surface area contributed by atoms with Crippen molar-refractivity contribution in [3.05, 3.63) is 29.8 Å². The van der Waals surface area contributed by atoms with Crippen molar-refractivity contribution in [1.82, 2.24) is 5.32 Å². The van der Waals surface area contributed by atoms with Crippen LogP contribution in [0.2, 0.25) is 0 Å². The summed E-state index contributed by atoms with van der Waals surface area (Å²) in [4.78, 5) is 12.4. The Morgan fingerprint density at radius 1 is 1.32 bits per heavy atom. The standard InChI is InChI=1S/C15H23NO3/c1-5-15(16-11(3)4,14(18)19-6-2)12-7-9-13(17)10-8-12/h7-11,16-17H,5-6H2,1-4H3. The number of carbonyl (C=O) groups is 1. The Morgan fingerprint density at radius 2 is 1.89 bits per heavy atom. The maximum atomic E-state index is 12.4. The molecule has 2 N–H and O–H groups in total. The Balaban J connectivity index is 3.22. The topological polar surface area (TPSA) is 58.6 Å². The number of esters is 1. The molecule has 0 fully saturated rings. The largest absolute Gasteiger partial charge is 0.508 e. The molecule has 0 heterocycles. The van der Waals surface area contributed by atoms with E-state index in [0.29, 0.717) is 13.0 Å². The van der Waals surface area contributed by atoms with E-state index in [1.165, 1.54) is 0 Å². The number of nitrogens with one attached hydrogen (secondary N) is 1. The van der Waals surface area contributed by atoms with Gasteiger partial charge in [-0.15, -0.1) is 0 Å². The van der Waals surface area contributed by atoms with Gasteiger partial charge in [-0.2, -0.15) is 0 Å². The minimum Gasteiger partial charge on any atom is -0.508 e. The van der Waals surface area contributed by atoms with Crippen LogP contribution in [0, 0.1) is 0 Å². The SMILES string of the molecule is CCOC(=O)C(CC)(NC(C)C)c1ccc(O)cc1. The fraction of sp³-hybridized carbons (Fsp3) is 0.533. The number of ether oxygens (including phenoxy) is 1. The van der Waals surface area contributed by atoms with E-state index < -0.39 is 5.54 Å². The smallest absolute Gasteiger partial charge is 0.330 e. The fourth-order valence-electron chi connectivity index (χ4n) is 2.20. The number of hydrogen-bond acceptors (Lipinski definition) is 4. The minimum atomic E-state index is -0.863. The van der Waals surface area contributed by atoms with Crippen LogP contribution in [0.3, 0.4) is 0 Å². The third-order valence-electron chi connectivity index (χ3n) is 3.05. The van der Waals surface area contributed by atoms with Crippen molar-refractivity contribution in [3.63, 3.8) is 0 Å². The Bertz CT molecular complexity index is 414. The van der Waals surface area contributed by atoms with Crippen LogP contribution in [-0.4, -0.2) is 23.7 Å². The molecule has 4 heteroatoms. The summed E-state index contributed by atoms with van der Waals surface area (Å²) in [6, 6.07) is 6.82. The van der Waals surface area contributed by atoms with Crippen molar-refractivity contribution < 1.29 is 14.6 Å². The quantitative estimate of drug-likeness (QED) is 0.776. The highest BCUT2D eigenvalue weighted by Gasteiger charge is 2.40. The molecule has 0 amide bonds. The number of phenolic OH excluding ortho intramolecular Hbond substituents is 1. The molecule has 0 saturated heterocycles. The average Bonchev–Trinajstić information content (AvgIpc) is 2.37. The van der Waals surface area contributed by atoms with E-state index in [4.69, 9.17) is 4.74 Å². The normalized spacial score (nSPS) is 14.2. The summed E-state index contributed by atoms with van der Waals surface area (Å²) < 4.78 is 5.22. The van der Waals surface area contributed by atoms with Gasteiger partial charge in [-0.1, -0.05) is 19.1 Å². The molecule has 1 aromatic rings. The van der Waals surface area contributed by atoms with Crippen LogP contribution in [-0.2, 0) is 15.1 Å². The van der Waals surface area contributed by atoms with Gasteiger partial charge in [0.15, 0.2) is 0 Å². The Labute approximate surface area is 114 Å². The molecule has 4 nitrogen and oxygen atoms in total. The summed E-state index contributed by atoms with van der Waals surface area (Å²) in [5.74, 6) is -0.0981. The third kappa shape index (κ3) is 3.47. The monoisotopic (exact) mass is 265 g/mol. The summed E-state index contributed by atoms with van der Waals surface area (Å²) in [5, 5.41) is 12.7. The van der Waals surface area contributed by atoms with Gasteiger partial charge in [-0.05, 0) is 44.9 Å². The molecule has 0 aliphatic heterocycles. The molecule has 0 bridgehead atoms. The summed E-state index contributed by atoms with van der Waals surface area (Å²) in [5.41, 5.74) is -0.0577. The summed E-state index contributed by atoms with van der Waals surface area (Å²) in [7, 11) is 0. The average molecular weight is 265 g/mol. The van der Waals surface area contributed by atoms with Gasteiger partial charge in [-0.3, -0.25) is 5.32 Å². The van der Waals surface area contributed by atoms with Gasteiger partial charge < -0.3 is 9.84 Å². The number of carbonyl (C=O) groups excluding carboxylic acids is 1. The van der Waals surface area contributed by atoms with E-state index in [-0.39, 0.29) is 17.8 Å². The van der Waals surface area contributed by atoms with E-state index in [0.717, 1.165) is 5.56 Å². The molecule has 0 aliphatic carbocycles. The number of rotatable bonds is 6. The number of phenols is 1. The predicted octanol–water partition coefficient (Wildman–Crippen LogP) is 2.56. The van der Waals surface area contributed by atoms with Gasteiger partial charge in [0.2, 0.25) is 0 Å². The molecule has 1 atom stereocenters. The van der Waals surface area contributed by atoms with Crippen LogP contribution in [0.15, 0.2) is 24.3 Å². The minimum absolute atomic E-state index is 0.137. The van der Waals surface area contributed by atoms with E-state index in [1.807, 2.05) is 20.8 Å². The highest BCUT2D eigenvalue weighted by Crippen LogP contribution is 2.29. The van der Waals surface area contributed by atoms with Crippen LogP contribution < -0.4 is 5.32 Å². The van der Waals surface area contributed by atoms with E-state index >= 15 is 0 Å². The second-order valence-electron chi connectivity index (χ2n) is 4.83. The number of hydrogen-bond donors (Lipinski definition) is 2. The maximum absolute atomic E-state index is 12.4. The Morgan fingerprint density at radius 3 is 2.32 bits per heavy atom. The van der Waals surface area contributed by atoms with Crippen LogP contribution in [0.4, 0.5) is 0 Å². The first kappa shape index (κ1) is 15.5. The molecular formula is C15H23NO3. The van der Waals surface area contributed by atoms with E-state index in [1.54, 1.807) is 31.2 Å². The molecule has 0 aliphatic rings. The zero-order valence-corrected chi connectivity index (χ0v) is 12.1. The lowest BCUT2D eigenvalue weighted by molar-refractivity contribution is -0.152. The van der Waals surface area contributed by atoms with Crippen molar-refractivity contribution >= 4 is 5.97 Å². The zero-order valence-electron chi connectivity index (χ0n) is 12.1. The van der Waals surface area contributed by atoms with Gasteiger partial charge in [0.1, 0.15) is 11.3 Å². The molecule has 1 unspecified atom stereocenters. The second-order valence-corrected chi connectivity index (χ2v) is 4.83. The van der Waals surface area contributed by atoms with Crippen molar-refractivity contribution in [2.75, 3.05) is 6.61 Å². The Hall–Kier alpha value is -1.55. The lowest BCUT2D eigenvalue weighted by Crippen LogP contribution is -2.52. The lowest BCUT2D eigenvalue weighted by atomic mass is 9.86. The van der Waals surface area contributed by atoms with E-state index in [9.17, 15) is 9.90 Å². The summed E-state index contributed by atoms with van der Waals surface area (Å²) >= 11 is 0. The lowest BCUT2D eigenvalue weighted by Gasteiger charge is -2.34. The van der Waals surface area contributed by atoms with Gasteiger partial charge in [0.25, 0.3) is 0 Å². The van der Waals surface area contributed by atoms with E-state index in [2.05, 4.69) is 5.32 Å². The molecule has 0 spiro atoms. The molecule has 0 radical (unpaired) electrons. The van der Waals surface area contributed by atoms with Gasteiger partial charge >= 0.3 is 5.97 Å². The summed E-state index contributed by atoms with van der Waals surface area (Å²) in [6.07, 6.45) is 0.578. The fourth-order valence-corrected chi connectivity index (χ4v) is 2.20. The highest BCUT2D eigenvalue weighted by atomic mass is 16.5. The molecule has 1 rings (SSSR count). The second kappa shape index (κ2) is 6.57. The molecule has 0 aromatic heterocycles. The van der Waals surface area contributed by atoms with Crippen molar-refractivity contribution in [2.45, 2.75) is 45.7 Å².